The van der Waals surface area contributed by atoms with Crippen molar-refractivity contribution in [2.75, 3.05) is 6.54 Å². The average Bonchev–Trinajstić information content (AvgIpc) is 3.21. The molecule has 6 heteroatoms. The van der Waals surface area contributed by atoms with Gasteiger partial charge in [-0.15, -0.1) is 0 Å². The number of nitrogens with zero attached hydrogens (tertiary/aromatic N) is 4. The summed E-state index contributed by atoms with van der Waals surface area (Å²) in [6, 6.07) is 7.66. The van der Waals surface area contributed by atoms with Crippen molar-refractivity contribution in [2.45, 2.75) is 32.4 Å². The topological polar surface area (TPSA) is 64.2 Å². The Labute approximate surface area is 139 Å². The third-order valence-corrected chi connectivity index (χ3v) is 4.88. The molecule has 0 saturated carbocycles. The van der Waals surface area contributed by atoms with Crippen LogP contribution in [0, 0.1) is 6.92 Å². The van der Waals surface area contributed by atoms with Gasteiger partial charge >= 0.3 is 0 Å². The van der Waals surface area contributed by atoms with Gasteiger partial charge in [0, 0.05) is 13.6 Å². The summed E-state index contributed by atoms with van der Waals surface area (Å²) in [5, 5.41) is 0.667. The fourth-order valence-corrected chi connectivity index (χ4v) is 3.51. The Morgan fingerprint density at radius 3 is 2.96 bits per heavy atom. The van der Waals surface area contributed by atoms with Crippen molar-refractivity contribution in [2.24, 2.45) is 7.05 Å². The van der Waals surface area contributed by atoms with Crippen LogP contribution in [0.4, 0.5) is 0 Å². The zero-order valence-electron chi connectivity index (χ0n) is 13.9. The molecule has 1 atom stereocenters. The van der Waals surface area contributed by atoms with Gasteiger partial charge in [0.25, 0.3) is 5.56 Å². The first-order valence-corrected chi connectivity index (χ1v) is 8.24. The van der Waals surface area contributed by atoms with E-state index in [2.05, 4.69) is 9.88 Å². The van der Waals surface area contributed by atoms with Crippen molar-refractivity contribution < 1.29 is 4.42 Å². The molecule has 0 amide bonds. The molecule has 1 unspecified atom stereocenters. The highest BCUT2D eigenvalue weighted by atomic mass is 16.3. The largest absolute Gasteiger partial charge is 0.448 e. The zero-order valence-corrected chi connectivity index (χ0v) is 13.9. The lowest BCUT2D eigenvalue weighted by Gasteiger charge is -2.25. The molecule has 0 aliphatic carbocycles. The highest BCUT2D eigenvalue weighted by Crippen LogP contribution is 2.32. The Morgan fingerprint density at radius 2 is 2.17 bits per heavy atom. The summed E-state index contributed by atoms with van der Waals surface area (Å²) in [6.45, 7) is 3.62. The van der Waals surface area contributed by atoms with E-state index in [1.54, 1.807) is 4.57 Å². The second-order valence-electron chi connectivity index (χ2n) is 6.34. The van der Waals surface area contributed by atoms with Crippen molar-refractivity contribution in [3.05, 3.63) is 58.3 Å². The summed E-state index contributed by atoms with van der Waals surface area (Å²) in [5.41, 5.74) is 1.73. The molecule has 24 heavy (non-hydrogen) atoms. The van der Waals surface area contributed by atoms with Crippen LogP contribution in [0.3, 0.4) is 0 Å². The molecule has 2 aromatic heterocycles. The number of hydrogen-bond acceptors (Lipinski definition) is 5. The smallest absolute Gasteiger partial charge is 0.261 e. The van der Waals surface area contributed by atoms with Gasteiger partial charge in [-0.05, 0) is 38.4 Å². The summed E-state index contributed by atoms with van der Waals surface area (Å²) in [6.07, 6.45) is 3.57. The van der Waals surface area contributed by atoms with Gasteiger partial charge in [-0.25, -0.2) is 9.97 Å². The molecule has 1 aliphatic rings. The van der Waals surface area contributed by atoms with Gasteiger partial charge < -0.3 is 4.42 Å². The van der Waals surface area contributed by atoms with Gasteiger partial charge in [0.2, 0.25) is 0 Å². The van der Waals surface area contributed by atoms with Gasteiger partial charge in [0.1, 0.15) is 11.6 Å². The van der Waals surface area contributed by atoms with Crippen LogP contribution in [-0.4, -0.2) is 26.0 Å². The summed E-state index contributed by atoms with van der Waals surface area (Å²) in [4.78, 5) is 24.1. The molecule has 0 N–H and O–H groups in total. The van der Waals surface area contributed by atoms with Gasteiger partial charge in [0.05, 0.1) is 22.6 Å². The lowest BCUT2D eigenvalue weighted by Crippen LogP contribution is -2.30. The number of fused-ring (bicyclic) bond motifs is 1. The van der Waals surface area contributed by atoms with E-state index in [-0.39, 0.29) is 11.6 Å². The van der Waals surface area contributed by atoms with E-state index in [0.717, 1.165) is 48.7 Å². The number of hydrogen-bond donors (Lipinski definition) is 0. The normalized spacial score (nSPS) is 18.5. The first-order chi connectivity index (χ1) is 11.6. The predicted octanol–water partition coefficient (Wildman–Crippen LogP) is 2.57. The summed E-state index contributed by atoms with van der Waals surface area (Å²) in [5.74, 6) is 1.68. The fourth-order valence-electron chi connectivity index (χ4n) is 3.51. The standard InChI is InChI=1S/C18H20N4O2/c1-12-15(19-11-24-12)10-22-9-5-8-16(22)17-20-14-7-4-3-6-13(14)18(23)21(17)2/h3-4,6-7,11,16H,5,8-10H2,1-2H3. The van der Waals surface area contributed by atoms with Crippen molar-refractivity contribution in [1.29, 1.82) is 0 Å². The molecule has 3 aromatic rings. The molecule has 0 bridgehead atoms. The third kappa shape index (κ3) is 2.43. The number of para-hydroxylation sites is 1. The van der Waals surface area contributed by atoms with Crippen LogP contribution in [0.5, 0.6) is 0 Å². The predicted molar refractivity (Wildman–Crippen MR) is 90.6 cm³/mol. The van der Waals surface area contributed by atoms with E-state index in [4.69, 9.17) is 9.40 Å². The van der Waals surface area contributed by atoms with E-state index < -0.39 is 0 Å². The Kier molecular flexibility index (Phi) is 3.69. The first-order valence-electron chi connectivity index (χ1n) is 8.24. The Morgan fingerprint density at radius 1 is 1.33 bits per heavy atom. The Balaban J connectivity index is 1.74. The molecule has 1 fully saturated rings. The quantitative estimate of drug-likeness (QED) is 0.741. The maximum atomic E-state index is 12.7. The van der Waals surface area contributed by atoms with E-state index in [0.29, 0.717) is 5.39 Å². The van der Waals surface area contributed by atoms with E-state index >= 15 is 0 Å². The second-order valence-corrected chi connectivity index (χ2v) is 6.34. The number of benzene rings is 1. The van der Waals surface area contributed by atoms with E-state index in [1.807, 2.05) is 38.2 Å². The monoisotopic (exact) mass is 324 g/mol. The minimum absolute atomic E-state index is 0.0140. The number of oxazole rings is 1. The maximum Gasteiger partial charge on any atom is 0.261 e. The molecular formula is C18H20N4O2. The molecular weight excluding hydrogens is 304 g/mol. The minimum atomic E-state index is 0.0140. The van der Waals surface area contributed by atoms with Gasteiger partial charge in [-0.2, -0.15) is 0 Å². The molecule has 6 nitrogen and oxygen atoms in total. The number of aryl methyl sites for hydroxylation is 1. The van der Waals surface area contributed by atoms with Gasteiger partial charge in [-0.3, -0.25) is 14.3 Å². The molecule has 4 rings (SSSR count). The van der Waals surface area contributed by atoms with Crippen LogP contribution in [0.1, 0.15) is 36.2 Å². The molecule has 0 spiro atoms. The molecule has 0 radical (unpaired) electrons. The van der Waals surface area contributed by atoms with E-state index in [1.165, 1.54) is 6.39 Å². The highest BCUT2D eigenvalue weighted by Gasteiger charge is 2.30. The summed E-state index contributed by atoms with van der Waals surface area (Å²) < 4.78 is 7.00. The van der Waals surface area contributed by atoms with Crippen molar-refractivity contribution in [1.82, 2.24) is 19.4 Å². The average molecular weight is 324 g/mol. The maximum absolute atomic E-state index is 12.7. The number of rotatable bonds is 3. The lowest BCUT2D eigenvalue weighted by atomic mass is 10.1. The molecule has 124 valence electrons. The molecule has 1 aliphatic heterocycles. The van der Waals surface area contributed by atoms with Crippen LogP contribution in [0.2, 0.25) is 0 Å². The minimum Gasteiger partial charge on any atom is -0.448 e. The Bertz CT molecular complexity index is 944. The fraction of sp³-hybridized carbons (Fsp3) is 0.389. The molecule has 1 aromatic carbocycles. The lowest BCUT2D eigenvalue weighted by molar-refractivity contribution is 0.231. The van der Waals surface area contributed by atoms with Crippen molar-refractivity contribution >= 4 is 10.9 Å². The number of aromatic nitrogens is 3. The summed E-state index contributed by atoms with van der Waals surface area (Å²) in [7, 11) is 1.81. The first kappa shape index (κ1) is 15.1. The van der Waals surface area contributed by atoms with Gasteiger partial charge in [-0.1, -0.05) is 12.1 Å². The zero-order chi connectivity index (χ0) is 16.7. The van der Waals surface area contributed by atoms with Crippen LogP contribution in [0.25, 0.3) is 10.9 Å². The highest BCUT2D eigenvalue weighted by molar-refractivity contribution is 5.77. The molecule has 3 heterocycles. The van der Waals surface area contributed by atoms with Crippen LogP contribution in [-0.2, 0) is 13.6 Å². The van der Waals surface area contributed by atoms with E-state index in [9.17, 15) is 4.79 Å². The van der Waals surface area contributed by atoms with Crippen molar-refractivity contribution in [3.63, 3.8) is 0 Å². The van der Waals surface area contributed by atoms with Crippen molar-refractivity contribution in [3.8, 4) is 0 Å². The molecule has 1 saturated heterocycles. The van der Waals surface area contributed by atoms with Crippen LogP contribution < -0.4 is 5.56 Å². The number of likely N-dealkylation sites (tertiary alicyclic amines) is 1. The SMILES string of the molecule is Cc1ocnc1CN1CCCC1c1nc2ccccc2c(=O)n1C. The van der Waals surface area contributed by atoms with Crippen LogP contribution in [0.15, 0.2) is 39.9 Å². The summed E-state index contributed by atoms with van der Waals surface area (Å²) >= 11 is 0. The van der Waals surface area contributed by atoms with Crippen LogP contribution >= 0.6 is 0 Å². The Hall–Kier alpha value is -2.47. The van der Waals surface area contributed by atoms with Gasteiger partial charge in [0.15, 0.2) is 6.39 Å². The second kappa shape index (κ2) is 5.87. The third-order valence-electron chi connectivity index (χ3n) is 4.88.